The van der Waals surface area contributed by atoms with Gasteiger partial charge in [-0.25, -0.2) is 0 Å². The molecule has 0 fully saturated rings. The first-order chi connectivity index (χ1) is 9.28. The molecule has 0 aromatic heterocycles. The minimum Gasteiger partial charge on any atom is -0.354 e. The highest BCUT2D eigenvalue weighted by molar-refractivity contribution is 7.80. The minimum absolute atomic E-state index is 0.0780. The maximum atomic E-state index is 11.0. The van der Waals surface area contributed by atoms with Crippen molar-refractivity contribution in [3.8, 4) is 0 Å². The predicted octanol–water partition coefficient (Wildman–Crippen LogP) is 3.02. The van der Waals surface area contributed by atoms with Crippen molar-refractivity contribution in [2.45, 2.75) is 33.2 Å². The quantitative estimate of drug-likeness (QED) is 0.822. The number of carbonyl (C=O) groups is 1. The Bertz CT molecular complexity index is 575. The summed E-state index contributed by atoms with van der Waals surface area (Å²) in [6, 6.07) is 7.61. The molecule has 0 saturated carbocycles. The molecule has 0 aliphatic carbocycles. The summed E-state index contributed by atoms with van der Waals surface area (Å²) in [7, 11) is 0. The molecule has 1 aliphatic rings. The molecule has 4 nitrogen and oxygen atoms in total. The van der Waals surface area contributed by atoms with Gasteiger partial charge < -0.3 is 10.6 Å². The molecule has 0 saturated heterocycles. The fraction of sp³-hybridized carbons (Fsp3) is 0.333. The largest absolute Gasteiger partial charge is 0.354 e. The zero-order valence-corrected chi connectivity index (χ0v) is 13.0. The normalized spacial score (nSPS) is 17.3. The van der Waals surface area contributed by atoms with E-state index in [0.717, 1.165) is 17.1 Å². The minimum atomic E-state index is -0.131. The van der Waals surface area contributed by atoms with E-state index in [1.165, 1.54) is 6.92 Å². The second-order valence-corrected chi connectivity index (χ2v) is 5.89. The summed E-state index contributed by atoms with van der Waals surface area (Å²) < 4.78 is 0. The van der Waals surface area contributed by atoms with Crippen molar-refractivity contribution in [2.75, 3.05) is 10.2 Å². The van der Waals surface area contributed by atoms with Gasteiger partial charge in [0.05, 0.1) is 5.54 Å². The fourth-order valence-electron chi connectivity index (χ4n) is 2.33. The number of allylic oxidation sites excluding steroid dienone is 1. The average molecular weight is 289 g/mol. The van der Waals surface area contributed by atoms with Crippen LogP contribution in [0.2, 0.25) is 0 Å². The number of hydrogen-bond acceptors (Lipinski definition) is 2. The maximum absolute atomic E-state index is 11.0. The number of benzene rings is 1. The zero-order chi connectivity index (χ0) is 14.9. The number of rotatable bonds is 2. The van der Waals surface area contributed by atoms with E-state index in [4.69, 9.17) is 12.2 Å². The molecular formula is C15H19N3OS. The number of thiocarbonyl (C=S) groups is 1. The lowest BCUT2D eigenvalue weighted by Crippen LogP contribution is -2.53. The van der Waals surface area contributed by atoms with Crippen molar-refractivity contribution in [3.63, 3.8) is 0 Å². The Morgan fingerprint density at radius 3 is 2.40 bits per heavy atom. The van der Waals surface area contributed by atoms with Gasteiger partial charge in [0.15, 0.2) is 5.11 Å². The van der Waals surface area contributed by atoms with Gasteiger partial charge in [-0.2, -0.15) is 0 Å². The Labute approximate surface area is 124 Å². The molecule has 1 aliphatic heterocycles. The molecule has 2 N–H and O–H groups in total. The number of hydrogen-bond donors (Lipinski definition) is 2. The number of nitrogens with zero attached hydrogens (tertiary/aromatic N) is 1. The molecule has 1 amide bonds. The first kappa shape index (κ1) is 14.5. The molecule has 0 bridgehead atoms. The summed E-state index contributed by atoms with van der Waals surface area (Å²) in [6.45, 7) is 7.70. The van der Waals surface area contributed by atoms with Crippen molar-refractivity contribution in [3.05, 3.63) is 36.0 Å². The maximum Gasteiger partial charge on any atom is 0.221 e. The number of anilines is 2. The second-order valence-electron chi connectivity index (χ2n) is 5.50. The molecule has 106 valence electrons. The van der Waals surface area contributed by atoms with E-state index in [1.807, 2.05) is 36.1 Å². The third kappa shape index (κ3) is 3.17. The van der Waals surface area contributed by atoms with Crippen molar-refractivity contribution in [2.24, 2.45) is 0 Å². The molecule has 2 rings (SSSR count). The third-order valence-corrected chi connectivity index (χ3v) is 3.29. The molecule has 20 heavy (non-hydrogen) atoms. The van der Waals surface area contributed by atoms with E-state index < -0.39 is 0 Å². The van der Waals surface area contributed by atoms with Crippen LogP contribution in [0.5, 0.6) is 0 Å². The molecule has 0 unspecified atom stereocenters. The van der Waals surface area contributed by atoms with Gasteiger partial charge in [0.1, 0.15) is 0 Å². The molecule has 0 radical (unpaired) electrons. The van der Waals surface area contributed by atoms with Gasteiger partial charge in [0.25, 0.3) is 0 Å². The SMILES string of the molecule is CC(=O)Nc1ccc(N2C(=S)NC(C)(C)C=C2C)cc1. The highest BCUT2D eigenvalue weighted by Crippen LogP contribution is 2.26. The highest BCUT2D eigenvalue weighted by Gasteiger charge is 2.27. The highest BCUT2D eigenvalue weighted by atomic mass is 32.1. The number of carbonyl (C=O) groups excluding carboxylic acids is 1. The van der Waals surface area contributed by atoms with Crippen LogP contribution in [0.1, 0.15) is 27.7 Å². The van der Waals surface area contributed by atoms with Gasteiger partial charge in [0.2, 0.25) is 5.91 Å². The van der Waals surface area contributed by atoms with Gasteiger partial charge in [0, 0.05) is 24.0 Å². The van der Waals surface area contributed by atoms with Crippen LogP contribution >= 0.6 is 12.2 Å². The predicted molar refractivity (Wildman–Crippen MR) is 86.8 cm³/mol. The lowest BCUT2D eigenvalue weighted by Gasteiger charge is -2.38. The summed E-state index contributed by atoms with van der Waals surface area (Å²) in [6.07, 6.45) is 2.14. The molecule has 1 aromatic carbocycles. The zero-order valence-electron chi connectivity index (χ0n) is 12.2. The Morgan fingerprint density at radius 2 is 1.90 bits per heavy atom. The molecule has 0 atom stereocenters. The Kier molecular flexibility index (Phi) is 3.81. The molecule has 1 heterocycles. The molecule has 1 aromatic rings. The van der Waals surface area contributed by atoms with Crippen molar-refractivity contribution in [1.82, 2.24) is 5.32 Å². The van der Waals surface area contributed by atoms with Gasteiger partial charge in [-0.3, -0.25) is 9.69 Å². The smallest absolute Gasteiger partial charge is 0.221 e. The average Bonchev–Trinajstić information content (AvgIpc) is 2.28. The van der Waals surface area contributed by atoms with E-state index in [1.54, 1.807) is 0 Å². The summed E-state index contributed by atoms with van der Waals surface area (Å²) in [4.78, 5) is 13.0. The number of amides is 1. The van der Waals surface area contributed by atoms with Gasteiger partial charge in [-0.15, -0.1) is 0 Å². The van der Waals surface area contributed by atoms with E-state index in [2.05, 4.69) is 30.6 Å². The van der Waals surface area contributed by atoms with Gasteiger partial charge in [-0.05, 0) is 63.3 Å². The first-order valence-electron chi connectivity index (χ1n) is 6.48. The number of nitrogens with one attached hydrogen (secondary N) is 2. The Morgan fingerprint density at radius 1 is 1.30 bits per heavy atom. The van der Waals surface area contributed by atoms with E-state index in [9.17, 15) is 4.79 Å². The van der Waals surface area contributed by atoms with Gasteiger partial charge >= 0.3 is 0 Å². The Balaban J connectivity index is 2.27. The lowest BCUT2D eigenvalue weighted by atomic mass is 10.0. The van der Waals surface area contributed by atoms with Gasteiger partial charge in [-0.1, -0.05) is 0 Å². The van der Waals surface area contributed by atoms with Crippen LogP contribution in [0.25, 0.3) is 0 Å². The van der Waals surface area contributed by atoms with Crippen molar-refractivity contribution >= 4 is 34.6 Å². The van der Waals surface area contributed by atoms with Crippen LogP contribution in [-0.2, 0) is 4.79 Å². The second kappa shape index (κ2) is 5.25. The topological polar surface area (TPSA) is 44.4 Å². The van der Waals surface area contributed by atoms with Crippen LogP contribution in [0.3, 0.4) is 0 Å². The summed E-state index contributed by atoms with van der Waals surface area (Å²) in [5, 5.41) is 6.73. The van der Waals surface area contributed by atoms with E-state index in [0.29, 0.717) is 5.11 Å². The monoisotopic (exact) mass is 289 g/mol. The van der Waals surface area contributed by atoms with Crippen LogP contribution in [-0.4, -0.2) is 16.6 Å². The Hall–Kier alpha value is -1.88. The summed E-state index contributed by atoms with van der Waals surface area (Å²) in [5.74, 6) is -0.0780. The van der Waals surface area contributed by atoms with E-state index in [-0.39, 0.29) is 11.4 Å². The molecule has 5 heteroatoms. The van der Waals surface area contributed by atoms with Crippen LogP contribution in [0.15, 0.2) is 36.0 Å². The van der Waals surface area contributed by atoms with Crippen molar-refractivity contribution in [1.29, 1.82) is 0 Å². The summed E-state index contributed by atoms with van der Waals surface area (Å²) >= 11 is 5.44. The van der Waals surface area contributed by atoms with Crippen LogP contribution in [0, 0.1) is 0 Å². The van der Waals surface area contributed by atoms with Crippen LogP contribution < -0.4 is 15.5 Å². The summed E-state index contributed by atoms with van der Waals surface area (Å²) in [5.41, 5.74) is 2.71. The molecular weight excluding hydrogens is 270 g/mol. The first-order valence-corrected chi connectivity index (χ1v) is 6.89. The van der Waals surface area contributed by atoms with E-state index >= 15 is 0 Å². The van der Waals surface area contributed by atoms with Crippen molar-refractivity contribution < 1.29 is 4.79 Å². The molecule has 0 spiro atoms. The lowest BCUT2D eigenvalue weighted by molar-refractivity contribution is -0.114. The fourth-order valence-corrected chi connectivity index (χ4v) is 2.84. The standard InChI is InChI=1S/C15H19N3OS/c1-10-9-15(3,4)17-14(20)18(10)13-7-5-12(6-8-13)16-11(2)19/h5-9H,1-4H3,(H,16,19)(H,17,20). The van der Waals surface area contributed by atoms with Crippen LogP contribution in [0.4, 0.5) is 11.4 Å². The third-order valence-electron chi connectivity index (χ3n) is 3.00.